The lowest BCUT2D eigenvalue weighted by molar-refractivity contribution is -0.0169. The van der Waals surface area contributed by atoms with Crippen LogP contribution in [0.15, 0.2) is 48.5 Å². The Kier molecular flexibility index (Phi) is 5.20. The van der Waals surface area contributed by atoms with Crippen LogP contribution in [0.1, 0.15) is 64.8 Å². The van der Waals surface area contributed by atoms with Crippen molar-refractivity contribution < 1.29 is 23.8 Å². The summed E-state index contributed by atoms with van der Waals surface area (Å²) in [6.07, 6.45) is 7.84. The van der Waals surface area contributed by atoms with E-state index in [0.717, 1.165) is 23.5 Å². The van der Waals surface area contributed by atoms with Gasteiger partial charge in [-0.2, -0.15) is 0 Å². The van der Waals surface area contributed by atoms with E-state index >= 15 is 0 Å². The maximum atomic E-state index is 12.5. The molecule has 0 atom stereocenters. The predicted molar refractivity (Wildman–Crippen MR) is 115 cm³/mol. The third-order valence-electron chi connectivity index (χ3n) is 7.44. The van der Waals surface area contributed by atoms with E-state index in [1.54, 1.807) is 37.4 Å². The molecule has 0 spiro atoms. The molecule has 2 aromatic rings. The third-order valence-corrected chi connectivity index (χ3v) is 7.44. The van der Waals surface area contributed by atoms with Crippen molar-refractivity contribution in [3.63, 3.8) is 0 Å². The van der Waals surface area contributed by atoms with Crippen LogP contribution in [0.3, 0.4) is 0 Å². The molecule has 0 radical (unpaired) electrons. The molecule has 4 saturated carbocycles. The number of ether oxygens (including phenoxy) is 3. The fraction of sp³-hybridized carbons (Fsp3) is 0.462. The second kappa shape index (κ2) is 8.03. The molecule has 0 heterocycles. The van der Waals surface area contributed by atoms with Crippen LogP contribution in [-0.4, -0.2) is 25.8 Å². The molecular weight excluding hydrogens is 392 g/mol. The van der Waals surface area contributed by atoms with Crippen LogP contribution in [0, 0.1) is 17.8 Å². The molecule has 0 amide bonds. The minimum Gasteiger partial charge on any atom is -0.496 e. The minimum absolute atomic E-state index is 0.188. The number of rotatable bonds is 6. The van der Waals surface area contributed by atoms with Gasteiger partial charge in [-0.25, -0.2) is 9.59 Å². The van der Waals surface area contributed by atoms with Gasteiger partial charge in [-0.05, 0) is 86.0 Å². The number of benzene rings is 2. The van der Waals surface area contributed by atoms with Gasteiger partial charge in [-0.15, -0.1) is 0 Å². The maximum Gasteiger partial charge on any atom is 0.341 e. The van der Waals surface area contributed by atoms with Crippen LogP contribution in [0.25, 0.3) is 0 Å². The Labute approximate surface area is 182 Å². The first kappa shape index (κ1) is 20.1. The molecule has 0 N–H and O–H groups in total. The van der Waals surface area contributed by atoms with Gasteiger partial charge in [0.25, 0.3) is 0 Å². The number of carbonyl (C=O) groups excluding carboxylic acids is 2. The van der Waals surface area contributed by atoms with Crippen molar-refractivity contribution in [3.05, 3.63) is 65.2 Å². The normalized spacial score (nSPS) is 28.2. The highest BCUT2D eigenvalue weighted by Crippen LogP contribution is 2.61. The van der Waals surface area contributed by atoms with Crippen LogP contribution in [0.2, 0.25) is 0 Å². The van der Waals surface area contributed by atoms with Crippen molar-refractivity contribution in [2.24, 2.45) is 17.8 Å². The molecule has 5 nitrogen and oxygen atoms in total. The fourth-order valence-corrected chi connectivity index (χ4v) is 6.57. The van der Waals surface area contributed by atoms with Crippen molar-refractivity contribution in [1.82, 2.24) is 0 Å². The largest absolute Gasteiger partial charge is 0.496 e. The third kappa shape index (κ3) is 3.82. The van der Waals surface area contributed by atoms with E-state index in [-0.39, 0.29) is 5.41 Å². The highest BCUT2D eigenvalue weighted by Gasteiger charge is 2.52. The molecule has 2 aromatic carbocycles. The Morgan fingerprint density at radius 1 is 0.839 bits per heavy atom. The van der Waals surface area contributed by atoms with Crippen LogP contribution in [0.4, 0.5) is 0 Å². The van der Waals surface area contributed by atoms with Crippen LogP contribution in [-0.2, 0) is 14.9 Å². The van der Waals surface area contributed by atoms with Gasteiger partial charge in [0.15, 0.2) is 0 Å². The zero-order valence-electron chi connectivity index (χ0n) is 17.8. The number of hydrogen-bond acceptors (Lipinski definition) is 5. The van der Waals surface area contributed by atoms with E-state index in [4.69, 9.17) is 14.2 Å². The first-order valence-electron chi connectivity index (χ1n) is 11.1. The van der Waals surface area contributed by atoms with Crippen molar-refractivity contribution >= 4 is 11.9 Å². The Balaban J connectivity index is 1.27. The molecule has 5 heteroatoms. The summed E-state index contributed by atoms with van der Waals surface area (Å²) in [7, 11) is 1.66. The lowest BCUT2D eigenvalue weighted by atomic mass is 9.48. The summed E-state index contributed by atoms with van der Waals surface area (Å²) >= 11 is 0. The van der Waals surface area contributed by atoms with Crippen LogP contribution >= 0.6 is 0 Å². The second-order valence-electron chi connectivity index (χ2n) is 9.46. The van der Waals surface area contributed by atoms with Gasteiger partial charge in [-0.3, -0.25) is 0 Å². The summed E-state index contributed by atoms with van der Waals surface area (Å²) in [6, 6.07) is 14.3. The topological polar surface area (TPSA) is 61.8 Å². The second-order valence-corrected chi connectivity index (χ2v) is 9.46. The monoisotopic (exact) mass is 420 g/mol. The number of methoxy groups -OCH3 is 1. The predicted octanol–water partition coefficient (Wildman–Crippen LogP) is 5.13. The summed E-state index contributed by atoms with van der Waals surface area (Å²) in [5.74, 6) is 2.21. The van der Waals surface area contributed by atoms with Gasteiger partial charge in [0.1, 0.15) is 5.75 Å². The number of esters is 2. The first-order valence-corrected chi connectivity index (χ1v) is 11.1. The van der Waals surface area contributed by atoms with Crippen LogP contribution in [0.5, 0.6) is 5.75 Å². The molecule has 0 aliphatic heterocycles. The molecule has 31 heavy (non-hydrogen) atoms. The zero-order chi connectivity index (χ0) is 21.4. The molecule has 4 aliphatic rings. The SMILES string of the molecule is COc1cc(C(=O)OCOC(=O)c2ccccc2)ccc1C12CC3CC(CC(C3)C1)C2. The highest BCUT2D eigenvalue weighted by atomic mass is 16.7. The Bertz CT molecular complexity index is 945. The zero-order valence-corrected chi connectivity index (χ0v) is 17.8. The van der Waals surface area contributed by atoms with E-state index in [9.17, 15) is 9.59 Å². The Hall–Kier alpha value is -2.82. The first-order chi connectivity index (χ1) is 15.1. The lowest BCUT2D eigenvalue weighted by Crippen LogP contribution is -2.48. The van der Waals surface area contributed by atoms with Gasteiger partial charge in [-0.1, -0.05) is 24.3 Å². The molecule has 0 aromatic heterocycles. The number of hydrogen-bond donors (Lipinski definition) is 0. The summed E-state index contributed by atoms with van der Waals surface area (Å²) in [5.41, 5.74) is 2.25. The maximum absolute atomic E-state index is 12.5. The van der Waals surface area contributed by atoms with E-state index in [2.05, 4.69) is 6.07 Å². The summed E-state index contributed by atoms with van der Waals surface area (Å²) in [6.45, 7) is -0.425. The van der Waals surface area contributed by atoms with Crippen molar-refractivity contribution in [3.8, 4) is 5.75 Å². The van der Waals surface area contributed by atoms with E-state index in [0.29, 0.717) is 11.1 Å². The molecule has 4 bridgehead atoms. The Morgan fingerprint density at radius 3 is 2.00 bits per heavy atom. The van der Waals surface area contributed by atoms with Gasteiger partial charge < -0.3 is 14.2 Å². The minimum atomic E-state index is -0.531. The van der Waals surface area contributed by atoms with Gasteiger partial charge >= 0.3 is 11.9 Å². The molecule has 6 rings (SSSR count). The van der Waals surface area contributed by atoms with E-state index < -0.39 is 18.7 Å². The van der Waals surface area contributed by atoms with Gasteiger partial charge in [0.2, 0.25) is 6.79 Å². The molecule has 4 aliphatic carbocycles. The smallest absolute Gasteiger partial charge is 0.341 e. The summed E-state index contributed by atoms with van der Waals surface area (Å²) < 4.78 is 16.0. The Morgan fingerprint density at radius 2 is 1.42 bits per heavy atom. The van der Waals surface area contributed by atoms with Crippen molar-refractivity contribution in [2.45, 2.75) is 43.9 Å². The molecule has 0 unspecified atom stereocenters. The van der Waals surface area contributed by atoms with Gasteiger partial charge in [0, 0.05) is 5.56 Å². The van der Waals surface area contributed by atoms with Crippen molar-refractivity contribution in [2.75, 3.05) is 13.9 Å². The summed E-state index contributed by atoms with van der Waals surface area (Å²) in [5, 5.41) is 0. The summed E-state index contributed by atoms with van der Waals surface area (Å²) in [4.78, 5) is 24.5. The highest BCUT2D eigenvalue weighted by molar-refractivity contribution is 5.91. The average Bonchev–Trinajstić information content (AvgIpc) is 2.78. The van der Waals surface area contributed by atoms with Gasteiger partial charge in [0.05, 0.1) is 18.2 Å². The van der Waals surface area contributed by atoms with E-state index in [1.807, 2.05) is 12.1 Å². The molecule has 0 saturated heterocycles. The lowest BCUT2D eigenvalue weighted by Gasteiger charge is -2.57. The quantitative estimate of drug-likeness (QED) is 0.479. The number of carbonyl (C=O) groups is 2. The fourth-order valence-electron chi connectivity index (χ4n) is 6.57. The van der Waals surface area contributed by atoms with Crippen LogP contribution < -0.4 is 4.74 Å². The standard InChI is InChI=1S/C26H28O5/c1-29-23-12-21(25(28)31-16-30-24(27)20-5-3-2-4-6-20)7-8-22(23)26-13-17-9-18(14-26)11-19(10-17)15-26/h2-8,12,17-19H,9-11,13-16H2,1H3. The molecular formula is C26H28O5. The average molecular weight is 421 g/mol. The van der Waals surface area contributed by atoms with Crippen molar-refractivity contribution in [1.29, 1.82) is 0 Å². The molecule has 4 fully saturated rings. The van der Waals surface area contributed by atoms with E-state index in [1.165, 1.54) is 44.1 Å². The molecule has 162 valence electrons.